The fourth-order valence-electron chi connectivity index (χ4n) is 0.995. The molecule has 58 valence electrons. The first-order chi connectivity index (χ1) is 5.11. The van der Waals surface area contributed by atoms with Crippen LogP contribution in [0.25, 0.3) is 0 Å². The van der Waals surface area contributed by atoms with Gasteiger partial charge in [0.2, 0.25) is 0 Å². The second-order valence-corrected chi connectivity index (χ2v) is 3.76. The summed E-state index contributed by atoms with van der Waals surface area (Å²) in [6.45, 7) is 4.03. The predicted molar refractivity (Wildman–Crippen MR) is 53.0 cm³/mol. The van der Waals surface area contributed by atoms with Crippen molar-refractivity contribution in [1.29, 1.82) is 0 Å². The molecule has 0 fully saturated rings. The lowest BCUT2D eigenvalue weighted by Crippen LogP contribution is -2.21. The Kier molecular flexibility index (Phi) is 2.86. The van der Waals surface area contributed by atoms with Gasteiger partial charge >= 0.3 is 5.54 Å². The Morgan fingerprint density at radius 3 is 2.27 bits per heavy atom. The third-order valence-electron chi connectivity index (χ3n) is 1.67. The minimum absolute atomic E-state index is 0.408. The van der Waals surface area contributed by atoms with E-state index in [2.05, 4.69) is 6.07 Å². The zero-order valence-corrected chi connectivity index (χ0v) is 8.08. The van der Waals surface area contributed by atoms with E-state index in [-0.39, 0.29) is 0 Å². The van der Waals surface area contributed by atoms with Crippen LogP contribution in [-0.2, 0) is 0 Å². The quantitative estimate of drug-likeness (QED) is 0.592. The van der Waals surface area contributed by atoms with E-state index in [4.69, 9.17) is 22.9 Å². The molecular formula is C8H9BCl2. The van der Waals surface area contributed by atoms with Gasteiger partial charge in [0.1, 0.15) is 0 Å². The Morgan fingerprint density at radius 2 is 1.82 bits per heavy atom. The normalized spacial score (nSPS) is 9.82. The summed E-state index contributed by atoms with van der Waals surface area (Å²) in [5, 5.41) is 0. The molecule has 0 bridgehead atoms. The summed E-state index contributed by atoms with van der Waals surface area (Å²) in [5.41, 5.74) is 2.94. The molecule has 0 aliphatic heterocycles. The minimum atomic E-state index is -0.408. The smallest absolute Gasteiger partial charge is 0.165 e. The van der Waals surface area contributed by atoms with Gasteiger partial charge in [-0.2, -0.15) is 22.9 Å². The molecule has 0 aliphatic carbocycles. The fraction of sp³-hybridized carbons (Fsp3) is 0.250. The van der Waals surface area contributed by atoms with Crippen LogP contribution in [0.2, 0.25) is 0 Å². The van der Waals surface area contributed by atoms with Crippen molar-refractivity contribution in [2.24, 2.45) is 0 Å². The van der Waals surface area contributed by atoms with Gasteiger partial charge in [0.25, 0.3) is 0 Å². The van der Waals surface area contributed by atoms with E-state index in [1.54, 1.807) is 0 Å². The molecule has 0 aliphatic rings. The molecule has 0 heterocycles. The van der Waals surface area contributed by atoms with Crippen molar-refractivity contribution in [2.75, 3.05) is 0 Å². The zero-order valence-electron chi connectivity index (χ0n) is 6.57. The van der Waals surface area contributed by atoms with Crippen molar-refractivity contribution in [3.63, 3.8) is 0 Å². The first-order valence-corrected chi connectivity index (χ1v) is 4.34. The monoisotopic (exact) mass is 186 g/mol. The molecule has 0 nitrogen and oxygen atoms in total. The number of aryl methyl sites for hydroxylation is 2. The van der Waals surface area contributed by atoms with Gasteiger partial charge < -0.3 is 0 Å². The van der Waals surface area contributed by atoms with E-state index in [0.29, 0.717) is 0 Å². The molecule has 0 saturated heterocycles. The van der Waals surface area contributed by atoms with Gasteiger partial charge in [-0.3, -0.25) is 0 Å². The summed E-state index contributed by atoms with van der Waals surface area (Å²) in [4.78, 5) is 0. The highest BCUT2D eigenvalue weighted by Gasteiger charge is 2.11. The van der Waals surface area contributed by atoms with Gasteiger partial charge in [0.05, 0.1) is 0 Å². The first kappa shape index (κ1) is 8.96. The molecule has 1 aromatic rings. The maximum atomic E-state index is 5.75. The highest BCUT2D eigenvalue weighted by Crippen LogP contribution is 2.05. The van der Waals surface area contributed by atoms with E-state index in [0.717, 1.165) is 11.0 Å². The molecule has 1 rings (SSSR count). The first-order valence-electron chi connectivity index (χ1n) is 3.46. The molecular weight excluding hydrogens is 178 g/mol. The SMILES string of the molecule is Cc1ccc(C)c(B(Cl)Cl)c1. The molecule has 0 aromatic heterocycles. The third kappa shape index (κ3) is 2.15. The molecule has 1 aromatic carbocycles. The van der Waals surface area contributed by atoms with Crippen LogP contribution in [0.15, 0.2) is 18.2 Å². The zero-order chi connectivity index (χ0) is 8.43. The molecule has 0 unspecified atom stereocenters. The second kappa shape index (κ2) is 3.51. The van der Waals surface area contributed by atoms with Crippen LogP contribution in [0.1, 0.15) is 11.1 Å². The molecule has 0 atom stereocenters. The van der Waals surface area contributed by atoms with Crippen molar-refractivity contribution in [3.8, 4) is 0 Å². The highest BCUT2D eigenvalue weighted by atomic mass is 35.5. The number of benzene rings is 1. The summed E-state index contributed by atoms with van der Waals surface area (Å²) in [6.07, 6.45) is 0. The number of rotatable bonds is 1. The standard InChI is InChI=1S/C8H9BCl2/c1-6-3-4-7(2)8(5-6)9(10)11/h3-5H,1-2H3. The van der Waals surface area contributed by atoms with E-state index in [1.807, 2.05) is 26.0 Å². The lowest BCUT2D eigenvalue weighted by atomic mass is 9.87. The average molecular weight is 187 g/mol. The summed E-state index contributed by atoms with van der Waals surface area (Å²) >= 11 is 11.5. The largest absolute Gasteiger partial charge is 0.383 e. The van der Waals surface area contributed by atoms with E-state index in [9.17, 15) is 0 Å². The van der Waals surface area contributed by atoms with Gasteiger partial charge in [-0.1, -0.05) is 29.3 Å². The molecule has 0 N–H and O–H groups in total. The predicted octanol–water partition coefficient (Wildman–Crippen LogP) is 2.48. The van der Waals surface area contributed by atoms with Crippen molar-refractivity contribution in [3.05, 3.63) is 29.3 Å². The molecule has 0 radical (unpaired) electrons. The van der Waals surface area contributed by atoms with Gasteiger partial charge in [-0.05, 0) is 19.3 Å². The molecule has 11 heavy (non-hydrogen) atoms. The van der Waals surface area contributed by atoms with Crippen molar-refractivity contribution < 1.29 is 0 Å². The van der Waals surface area contributed by atoms with E-state index >= 15 is 0 Å². The fourth-order valence-corrected chi connectivity index (χ4v) is 1.47. The van der Waals surface area contributed by atoms with Crippen LogP contribution in [0, 0.1) is 13.8 Å². The van der Waals surface area contributed by atoms with Crippen LogP contribution < -0.4 is 5.46 Å². The molecule has 0 spiro atoms. The highest BCUT2D eigenvalue weighted by molar-refractivity contribution is 7.39. The second-order valence-electron chi connectivity index (χ2n) is 2.66. The number of hydrogen-bond acceptors (Lipinski definition) is 0. The van der Waals surface area contributed by atoms with Crippen LogP contribution in [-0.4, -0.2) is 5.54 Å². The third-order valence-corrected chi connectivity index (χ3v) is 2.14. The van der Waals surface area contributed by atoms with Crippen molar-refractivity contribution in [2.45, 2.75) is 13.8 Å². The van der Waals surface area contributed by atoms with Gasteiger partial charge in [0, 0.05) is 0 Å². The van der Waals surface area contributed by atoms with Crippen LogP contribution in [0.3, 0.4) is 0 Å². The van der Waals surface area contributed by atoms with Crippen LogP contribution in [0.4, 0.5) is 0 Å². The van der Waals surface area contributed by atoms with Crippen LogP contribution >= 0.6 is 22.9 Å². The van der Waals surface area contributed by atoms with Crippen molar-refractivity contribution in [1.82, 2.24) is 0 Å². The van der Waals surface area contributed by atoms with E-state index in [1.165, 1.54) is 5.56 Å². The lowest BCUT2D eigenvalue weighted by Gasteiger charge is -2.04. The van der Waals surface area contributed by atoms with Gasteiger partial charge in [-0.15, -0.1) is 0 Å². The minimum Gasteiger partial charge on any atom is -0.165 e. The van der Waals surface area contributed by atoms with Gasteiger partial charge in [0.15, 0.2) is 0 Å². The lowest BCUT2D eigenvalue weighted by molar-refractivity contribution is 1.43. The Labute approximate surface area is 77.4 Å². The van der Waals surface area contributed by atoms with Crippen LogP contribution in [0.5, 0.6) is 0 Å². The maximum absolute atomic E-state index is 5.75. The summed E-state index contributed by atoms with van der Waals surface area (Å²) in [6, 6.07) is 6.09. The molecule has 0 saturated carbocycles. The summed E-state index contributed by atoms with van der Waals surface area (Å²) in [7, 11) is 0. The van der Waals surface area contributed by atoms with Crippen molar-refractivity contribution >= 4 is 33.9 Å². The Bertz CT molecular complexity index is 258. The molecule has 0 amide bonds. The Morgan fingerprint density at radius 1 is 1.18 bits per heavy atom. The average Bonchev–Trinajstić information content (AvgIpc) is 1.94. The summed E-state index contributed by atoms with van der Waals surface area (Å²) in [5.74, 6) is 0. The topological polar surface area (TPSA) is 0 Å². The molecule has 3 heteroatoms. The maximum Gasteiger partial charge on any atom is 0.383 e. The van der Waals surface area contributed by atoms with Gasteiger partial charge in [-0.25, -0.2) is 0 Å². The Hall–Kier alpha value is -0.135. The summed E-state index contributed by atoms with van der Waals surface area (Å²) < 4.78 is 0. The number of hydrogen-bond donors (Lipinski definition) is 0. The Balaban J connectivity index is 3.13. The van der Waals surface area contributed by atoms with E-state index < -0.39 is 5.54 Å². The number of halogens is 2.